The van der Waals surface area contributed by atoms with Crippen molar-refractivity contribution in [3.63, 3.8) is 0 Å². The molecule has 0 bridgehead atoms. The molecule has 0 aliphatic carbocycles. The van der Waals surface area contributed by atoms with E-state index in [-0.39, 0.29) is 22.2 Å². The van der Waals surface area contributed by atoms with Gasteiger partial charge in [-0.3, -0.25) is 9.59 Å². The molecule has 0 spiro atoms. The molecule has 0 heterocycles. The van der Waals surface area contributed by atoms with Crippen molar-refractivity contribution in [2.75, 3.05) is 18.5 Å². The molecule has 9 heteroatoms. The Morgan fingerprint density at radius 1 is 1.00 bits per heavy atom. The summed E-state index contributed by atoms with van der Waals surface area (Å²) in [4.78, 5) is 35.2. The van der Waals surface area contributed by atoms with Gasteiger partial charge < -0.3 is 15.4 Å². The van der Waals surface area contributed by atoms with Crippen molar-refractivity contribution in [2.24, 2.45) is 0 Å². The maximum absolute atomic E-state index is 12.8. The lowest BCUT2D eigenvalue weighted by atomic mass is 10.2. The first-order valence-electron chi connectivity index (χ1n) is 7.30. The van der Waals surface area contributed by atoms with E-state index in [9.17, 15) is 18.8 Å². The molecule has 136 valence electrons. The highest BCUT2D eigenvalue weighted by molar-refractivity contribution is 6.43. The van der Waals surface area contributed by atoms with Gasteiger partial charge >= 0.3 is 5.97 Å². The van der Waals surface area contributed by atoms with Gasteiger partial charge in [0.05, 0.1) is 22.2 Å². The van der Waals surface area contributed by atoms with Gasteiger partial charge in [-0.25, -0.2) is 9.18 Å². The molecular weight excluding hydrogens is 386 g/mol. The molecule has 2 aromatic carbocycles. The van der Waals surface area contributed by atoms with Crippen molar-refractivity contribution in [3.05, 3.63) is 63.9 Å². The topological polar surface area (TPSA) is 84.5 Å². The number of anilines is 1. The Bertz CT molecular complexity index is 828. The second-order valence-corrected chi connectivity index (χ2v) is 5.79. The highest BCUT2D eigenvalue weighted by atomic mass is 35.5. The fraction of sp³-hybridized carbons (Fsp3) is 0.118. The Labute approximate surface area is 158 Å². The summed E-state index contributed by atoms with van der Waals surface area (Å²) >= 11 is 11.7. The standard InChI is InChI=1S/C17H13Cl2FN2O4/c18-13-3-1-2-12(16(13)19)17(25)26-9-15(24)21-8-14(23)22-11-6-4-10(20)5-7-11/h1-7H,8-9H2,(H,21,24)(H,22,23). The number of amides is 2. The highest BCUT2D eigenvalue weighted by Crippen LogP contribution is 2.25. The molecule has 0 saturated heterocycles. The highest BCUT2D eigenvalue weighted by Gasteiger charge is 2.15. The summed E-state index contributed by atoms with van der Waals surface area (Å²) in [5.74, 6) is -2.44. The van der Waals surface area contributed by atoms with Crippen LogP contribution in [0.3, 0.4) is 0 Å². The van der Waals surface area contributed by atoms with Crippen LogP contribution in [0.1, 0.15) is 10.4 Å². The average molecular weight is 399 g/mol. The van der Waals surface area contributed by atoms with Crippen LogP contribution in [0.15, 0.2) is 42.5 Å². The Morgan fingerprint density at radius 3 is 2.38 bits per heavy atom. The van der Waals surface area contributed by atoms with Gasteiger partial charge in [-0.1, -0.05) is 29.3 Å². The lowest BCUT2D eigenvalue weighted by Crippen LogP contribution is -2.35. The summed E-state index contributed by atoms with van der Waals surface area (Å²) in [7, 11) is 0. The zero-order valence-corrected chi connectivity index (χ0v) is 14.7. The largest absolute Gasteiger partial charge is 0.452 e. The molecule has 2 aromatic rings. The predicted octanol–water partition coefficient (Wildman–Crippen LogP) is 3.04. The van der Waals surface area contributed by atoms with Gasteiger partial charge in [-0.05, 0) is 36.4 Å². The Kier molecular flexibility index (Phi) is 6.94. The third-order valence-electron chi connectivity index (χ3n) is 3.08. The minimum Gasteiger partial charge on any atom is -0.452 e. The number of benzene rings is 2. The first-order valence-corrected chi connectivity index (χ1v) is 8.05. The second-order valence-electron chi connectivity index (χ2n) is 5.01. The van der Waals surface area contributed by atoms with Crippen LogP contribution < -0.4 is 10.6 Å². The van der Waals surface area contributed by atoms with E-state index in [1.807, 2.05) is 0 Å². The van der Waals surface area contributed by atoms with Crippen LogP contribution in [0, 0.1) is 5.82 Å². The lowest BCUT2D eigenvalue weighted by Gasteiger charge is -2.08. The van der Waals surface area contributed by atoms with Crippen LogP contribution in [0.4, 0.5) is 10.1 Å². The summed E-state index contributed by atoms with van der Waals surface area (Å²) in [6.07, 6.45) is 0. The van der Waals surface area contributed by atoms with Crippen molar-refractivity contribution in [1.29, 1.82) is 0 Å². The molecule has 2 rings (SSSR count). The van der Waals surface area contributed by atoms with Gasteiger partial charge in [-0.2, -0.15) is 0 Å². The van der Waals surface area contributed by atoms with Gasteiger partial charge in [0.2, 0.25) is 5.91 Å². The van der Waals surface area contributed by atoms with E-state index >= 15 is 0 Å². The normalized spacial score (nSPS) is 10.1. The molecule has 0 aromatic heterocycles. The molecule has 6 nitrogen and oxygen atoms in total. The van der Waals surface area contributed by atoms with Gasteiger partial charge in [0.1, 0.15) is 5.82 Å². The van der Waals surface area contributed by atoms with Crippen LogP contribution in [0.25, 0.3) is 0 Å². The van der Waals surface area contributed by atoms with Gasteiger partial charge in [0.25, 0.3) is 5.91 Å². The van der Waals surface area contributed by atoms with E-state index in [2.05, 4.69) is 10.6 Å². The molecular formula is C17H13Cl2FN2O4. The number of hydrogen-bond donors (Lipinski definition) is 2. The molecule has 0 saturated carbocycles. The van der Waals surface area contributed by atoms with E-state index in [1.165, 1.54) is 42.5 Å². The predicted molar refractivity (Wildman–Crippen MR) is 94.8 cm³/mol. The monoisotopic (exact) mass is 398 g/mol. The summed E-state index contributed by atoms with van der Waals surface area (Å²) in [5, 5.41) is 4.96. The van der Waals surface area contributed by atoms with Crippen molar-refractivity contribution >= 4 is 46.7 Å². The minimum absolute atomic E-state index is 0.0262. The molecule has 0 aliphatic rings. The van der Waals surface area contributed by atoms with Gasteiger partial charge in [0.15, 0.2) is 6.61 Å². The Hall–Kier alpha value is -2.64. The van der Waals surface area contributed by atoms with E-state index in [4.69, 9.17) is 27.9 Å². The van der Waals surface area contributed by atoms with Gasteiger partial charge in [-0.15, -0.1) is 0 Å². The van der Waals surface area contributed by atoms with Crippen LogP contribution in [0.2, 0.25) is 10.0 Å². The first-order chi connectivity index (χ1) is 12.4. The molecule has 0 fully saturated rings. The zero-order valence-electron chi connectivity index (χ0n) is 13.2. The van der Waals surface area contributed by atoms with Crippen molar-refractivity contribution in [3.8, 4) is 0 Å². The lowest BCUT2D eigenvalue weighted by molar-refractivity contribution is -0.126. The number of rotatable bonds is 6. The maximum Gasteiger partial charge on any atom is 0.340 e. The number of hydrogen-bond acceptors (Lipinski definition) is 4. The van der Waals surface area contributed by atoms with Crippen molar-refractivity contribution < 1.29 is 23.5 Å². The third-order valence-corrected chi connectivity index (χ3v) is 3.90. The zero-order chi connectivity index (χ0) is 19.1. The van der Waals surface area contributed by atoms with E-state index in [0.717, 1.165) is 0 Å². The minimum atomic E-state index is -0.816. The van der Waals surface area contributed by atoms with Gasteiger partial charge in [0, 0.05) is 5.69 Å². The fourth-order valence-corrected chi connectivity index (χ4v) is 2.22. The van der Waals surface area contributed by atoms with E-state index in [1.54, 1.807) is 0 Å². The molecule has 0 atom stereocenters. The average Bonchev–Trinajstić information content (AvgIpc) is 2.62. The number of nitrogens with one attached hydrogen (secondary N) is 2. The summed E-state index contributed by atoms with van der Waals surface area (Å²) in [5.41, 5.74) is 0.411. The summed E-state index contributed by atoms with van der Waals surface area (Å²) in [6.45, 7) is -0.933. The van der Waals surface area contributed by atoms with Crippen LogP contribution in [0.5, 0.6) is 0 Å². The fourth-order valence-electron chi connectivity index (χ4n) is 1.84. The molecule has 2 N–H and O–H groups in total. The maximum atomic E-state index is 12.8. The Balaban J connectivity index is 1.76. The number of esters is 1. The molecule has 0 unspecified atom stereocenters. The number of halogens is 3. The first kappa shape index (κ1) is 19.7. The third kappa shape index (κ3) is 5.72. The van der Waals surface area contributed by atoms with Crippen LogP contribution >= 0.6 is 23.2 Å². The van der Waals surface area contributed by atoms with E-state index < -0.39 is 30.2 Å². The van der Waals surface area contributed by atoms with E-state index in [0.29, 0.717) is 5.69 Å². The van der Waals surface area contributed by atoms with Crippen LogP contribution in [-0.2, 0) is 14.3 Å². The second kappa shape index (κ2) is 9.17. The van der Waals surface area contributed by atoms with Crippen LogP contribution in [-0.4, -0.2) is 30.9 Å². The number of carbonyl (C=O) groups excluding carboxylic acids is 3. The smallest absolute Gasteiger partial charge is 0.340 e. The number of carbonyl (C=O) groups is 3. The quantitative estimate of drug-likeness (QED) is 0.732. The SMILES string of the molecule is O=C(COC(=O)c1cccc(Cl)c1Cl)NCC(=O)Nc1ccc(F)cc1. The molecule has 26 heavy (non-hydrogen) atoms. The van der Waals surface area contributed by atoms with Crippen molar-refractivity contribution in [1.82, 2.24) is 5.32 Å². The molecule has 2 amide bonds. The molecule has 0 radical (unpaired) electrons. The number of ether oxygens (including phenoxy) is 1. The Morgan fingerprint density at radius 2 is 1.69 bits per heavy atom. The summed E-state index contributed by atoms with van der Waals surface area (Å²) < 4.78 is 17.6. The summed E-state index contributed by atoms with van der Waals surface area (Å²) in [6, 6.07) is 9.57. The molecule has 0 aliphatic heterocycles. The van der Waals surface area contributed by atoms with Crippen molar-refractivity contribution in [2.45, 2.75) is 0 Å².